The maximum atomic E-state index is 11.8. The first-order valence-electron chi connectivity index (χ1n) is 5.88. The molecule has 0 saturated carbocycles. The van der Waals surface area contributed by atoms with Crippen molar-refractivity contribution < 1.29 is 8.76 Å². The van der Waals surface area contributed by atoms with Crippen LogP contribution in [0.2, 0.25) is 0 Å². The number of nitrogens with zero attached hydrogens (tertiary/aromatic N) is 1. The molecule has 2 aliphatic rings. The van der Waals surface area contributed by atoms with Gasteiger partial charge in [-0.05, 0) is 17.8 Å². The number of nitrogens with one attached hydrogen (secondary N) is 1. The van der Waals surface area contributed by atoms with E-state index in [0.29, 0.717) is 23.2 Å². The SMILES string of the molecule is O=[S+]1(O)C[C@@H]2NC(=S)N(Cc3ccccc3)[C@@H]2C1. The van der Waals surface area contributed by atoms with Crippen molar-refractivity contribution in [2.45, 2.75) is 18.6 Å². The highest BCUT2D eigenvalue weighted by Gasteiger charge is 2.53. The van der Waals surface area contributed by atoms with E-state index < -0.39 is 10.2 Å². The summed E-state index contributed by atoms with van der Waals surface area (Å²) in [6.45, 7) is 0.698. The molecule has 2 aliphatic heterocycles. The lowest BCUT2D eigenvalue weighted by Gasteiger charge is -2.22. The maximum absolute atomic E-state index is 11.8. The number of hydrogen-bond donors (Lipinski definition) is 2. The van der Waals surface area contributed by atoms with Crippen LogP contribution in [0.1, 0.15) is 5.56 Å². The monoisotopic (exact) mass is 283 g/mol. The molecule has 6 heteroatoms. The third kappa shape index (κ3) is 2.15. The normalized spacial score (nSPS) is 34.5. The van der Waals surface area contributed by atoms with E-state index in [2.05, 4.69) is 5.32 Å². The molecule has 0 bridgehead atoms. The molecule has 18 heavy (non-hydrogen) atoms. The molecule has 1 aromatic rings. The average Bonchev–Trinajstić information content (AvgIpc) is 2.74. The van der Waals surface area contributed by atoms with E-state index in [1.165, 1.54) is 5.56 Å². The summed E-state index contributed by atoms with van der Waals surface area (Å²) >= 11 is 5.31. The highest BCUT2D eigenvalue weighted by Crippen LogP contribution is 2.28. The second-order valence-electron chi connectivity index (χ2n) is 4.84. The Bertz CT molecular complexity index is 520. The van der Waals surface area contributed by atoms with E-state index in [0.717, 1.165) is 0 Å². The molecule has 3 rings (SSSR count). The van der Waals surface area contributed by atoms with E-state index in [1.807, 2.05) is 35.2 Å². The maximum Gasteiger partial charge on any atom is 0.218 e. The fourth-order valence-electron chi connectivity index (χ4n) is 2.65. The van der Waals surface area contributed by atoms with Crippen molar-refractivity contribution in [1.82, 2.24) is 10.2 Å². The molecule has 96 valence electrons. The fourth-order valence-corrected chi connectivity index (χ4v) is 4.95. The van der Waals surface area contributed by atoms with Gasteiger partial charge in [0.05, 0.1) is 0 Å². The van der Waals surface area contributed by atoms with Crippen LogP contribution >= 0.6 is 12.2 Å². The van der Waals surface area contributed by atoms with Crippen molar-refractivity contribution in [3.05, 3.63) is 35.9 Å². The Balaban J connectivity index is 1.80. The molecule has 1 unspecified atom stereocenters. The van der Waals surface area contributed by atoms with Crippen LogP contribution in [0.4, 0.5) is 0 Å². The van der Waals surface area contributed by atoms with Gasteiger partial charge in [-0.25, -0.2) is 0 Å². The van der Waals surface area contributed by atoms with Gasteiger partial charge in [0.2, 0.25) is 10.2 Å². The molecule has 0 radical (unpaired) electrons. The zero-order valence-electron chi connectivity index (χ0n) is 9.78. The molecule has 2 heterocycles. The second-order valence-corrected chi connectivity index (χ2v) is 7.44. The zero-order valence-corrected chi connectivity index (χ0v) is 11.4. The minimum absolute atomic E-state index is 0.0266. The van der Waals surface area contributed by atoms with Crippen LogP contribution in [0.15, 0.2) is 30.3 Å². The number of rotatable bonds is 2. The summed E-state index contributed by atoms with van der Waals surface area (Å²) in [7, 11) is -2.67. The summed E-state index contributed by atoms with van der Waals surface area (Å²) in [4.78, 5) is 2.04. The van der Waals surface area contributed by atoms with E-state index in [-0.39, 0.29) is 12.1 Å². The summed E-state index contributed by atoms with van der Waals surface area (Å²) in [5.41, 5.74) is 1.17. The minimum atomic E-state index is -2.67. The van der Waals surface area contributed by atoms with Crippen LogP contribution < -0.4 is 5.32 Å². The summed E-state index contributed by atoms with van der Waals surface area (Å²) in [5, 5.41) is 3.86. The van der Waals surface area contributed by atoms with Crippen molar-refractivity contribution in [1.29, 1.82) is 0 Å². The minimum Gasteiger partial charge on any atom is -0.353 e. The standard InChI is InChI=1S/C12H14N2O2S2/c15-18(16)7-10-11(8-18)14(12(17)13-10)6-9-4-2-1-3-5-9/h1-5,10-11H,6-8H2,(H-,13,15,16,17)/p+1/t10-,11+/m0/s1. The quantitative estimate of drug-likeness (QED) is 0.629. The molecule has 0 spiro atoms. The van der Waals surface area contributed by atoms with Gasteiger partial charge >= 0.3 is 0 Å². The topological polar surface area (TPSA) is 52.6 Å². The van der Waals surface area contributed by atoms with Crippen LogP contribution in [0, 0.1) is 0 Å². The summed E-state index contributed by atoms with van der Waals surface area (Å²) in [5.74, 6) is 0.626. The highest BCUT2D eigenvalue weighted by molar-refractivity contribution is 7.98. The number of thiocarbonyl (C=S) groups is 1. The van der Waals surface area contributed by atoms with Gasteiger partial charge in [-0.3, -0.25) is 0 Å². The first kappa shape index (κ1) is 12.1. The average molecular weight is 283 g/mol. The molecular weight excluding hydrogens is 268 g/mol. The Kier molecular flexibility index (Phi) is 2.88. The summed E-state index contributed by atoms with van der Waals surface area (Å²) in [6.07, 6.45) is 0. The lowest BCUT2D eigenvalue weighted by Crippen LogP contribution is -2.36. The lowest BCUT2D eigenvalue weighted by atomic mass is 10.1. The highest BCUT2D eigenvalue weighted by atomic mass is 32.3. The van der Waals surface area contributed by atoms with Crippen molar-refractivity contribution in [3.63, 3.8) is 0 Å². The molecule has 1 aromatic carbocycles. The Morgan fingerprint density at radius 3 is 2.83 bits per heavy atom. The first-order chi connectivity index (χ1) is 8.55. The molecule has 0 amide bonds. The van der Waals surface area contributed by atoms with E-state index in [9.17, 15) is 8.76 Å². The van der Waals surface area contributed by atoms with Gasteiger partial charge in [-0.15, -0.1) is 0 Å². The zero-order chi connectivity index (χ0) is 12.8. The van der Waals surface area contributed by atoms with Gasteiger partial charge in [0.15, 0.2) is 16.6 Å². The molecule has 3 atom stereocenters. The Hall–Kier alpha value is -0.980. The van der Waals surface area contributed by atoms with Gasteiger partial charge in [0.25, 0.3) is 0 Å². The number of hydrogen-bond acceptors (Lipinski definition) is 2. The summed E-state index contributed by atoms with van der Waals surface area (Å²) < 4.78 is 21.4. The molecule has 2 N–H and O–H groups in total. The van der Waals surface area contributed by atoms with Gasteiger partial charge in [0.1, 0.15) is 12.1 Å². The Labute approximate surface area is 113 Å². The number of fused-ring (bicyclic) bond motifs is 1. The second kappa shape index (κ2) is 4.29. The molecule has 0 aromatic heterocycles. The van der Waals surface area contributed by atoms with Crippen molar-refractivity contribution in [2.24, 2.45) is 0 Å². The first-order valence-corrected chi connectivity index (χ1v) is 8.14. The molecule has 2 saturated heterocycles. The van der Waals surface area contributed by atoms with Gasteiger partial charge in [-0.2, -0.15) is 4.55 Å². The third-order valence-electron chi connectivity index (χ3n) is 3.50. The predicted molar refractivity (Wildman–Crippen MR) is 75.7 cm³/mol. The van der Waals surface area contributed by atoms with E-state index in [4.69, 9.17) is 12.2 Å². The van der Waals surface area contributed by atoms with Crippen molar-refractivity contribution >= 4 is 27.5 Å². The Morgan fingerprint density at radius 1 is 1.39 bits per heavy atom. The van der Waals surface area contributed by atoms with Crippen LogP contribution in [-0.4, -0.2) is 38.2 Å². The van der Waals surface area contributed by atoms with Crippen LogP contribution in [0.25, 0.3) is 0 Å². The fraction of sp³-hybridized carbons (Fsp3) is 0.417. The molecule has 2 fully saturated rings. The van der Waals surface area contributed by atoms with Crippen molar-refractivity contribution in [2.75, 3.05) is 11.5 Å². The summed E-state index contributed by atoms with van der Waals surface area (Å²) in [6, 6.07) is 10.1. The van der Waals surface area contributed by atoms with E-state index in [1.54, 1.807) is 0 Å². The number of benzene rings is 1. The van der Waals surface area contributed by atoms with Crippen LogP contribution in [0.3, 0.4) is 0 Å². The largest absolute Gasteiger partial charge is 0.353 e. The predicted octanol–water partition coefficient (Wildman–Crippen LogP) is 1.10. The third-order valence-corrected chi connectivity index (χ3v) is 5.60. The molecular formula is C12H15N2O2S2+. The van der Waals surface area contributed by atoms with Crippen molar-refractivity contribution in [3.8, 4) is 0 Å². The van der Waals surface area contributed by atoms with Gasteiger partial charge in [0, 0.05) is 6.54 Å². The van der Waals surface area contributed by atoms with Gasteiger partial charge < -0.3 is 10.2 Å². The van der Waals surface area contributed by atoms with Crippen LogP contribution in [-0.2, 0) is 21.0 Å². The molecule has 4 nitrogen and oxygen atoms in total. The van der Waals surface area contributed by atoms with Gasteiger partial charge in [-0.1, -0.05) is 34.5 Å². The molecule has 0 aliphatic carbocycles. The van der Waals surface area contributed by atoms with Crippen LogP contribution in [0.5, 0.6) is 0 Å². The lowest BCUT2D eigenvalue weighted by molar-refractivity contribution is 0.348. The smallest absolute Gasteiger partial charge is 0.218 e. The van der Waals surface area contributed by atoms with E-state index >= 15 is 0 Å². The Morgan fingerprint density at radius 2 is 2.11 bits per heavy atom.